The molecule has 1 atom stereocenters. The standard InChI is InChI=1S/C11H11BrN4O3S2/c1-7(10(17)14-11-15-13-6-20-11)16-21(18,19)9-4-2-8(12)3-5-9/h2-7,16H,1H3,(H,14,15,17). The largest absolute Gasteiger partial charge is 0.299 e. The zero-order valence-electron chi connectivity index (χ0n) is 10.8. The van der Waals surface area contributed by atoms with Gasteiger partial charge in [-0.25, -0.2) is 8.42 Å². The molecule has 0 spiro atoms. The third kappa shape index (κ3) is 4.30. The average molecular weight is 391 g/mol. The van der Waals surface area contributed by atoms with Gasteiger partial charge in [0.25, 0.3) is 0 Å². The molecule has 0 radical (unpaired) electrons. The van der Waals surface area contributed by atoms with E-state index < -0.39 is 22.0 Å². The molecule has 2 N–H and O–H groups in total. The summed E-state index contributed by atoms with van der Waals surface area (Å²) >= 11 is 4.38. The second kappa shape index (κ2) is 6.60. The summed E-state index contributed by atoms with van der Waals surface area (Å²) in [6.45, 7) is 1.45. The van der Waals surface area contributed by atoms with Crippen molar-refractivity contribution in [2.45, 2.75) is 17.9 Å². The number of nitrogens with zero attached hydrogens (tertiary/aromatic N) is 2. The van der Waals surface area contributed by atoms with Crippen LogP contribution in [0.3, 0.4) is 0 Å². The fourth-order valence-corrected chi connectivity index (χ4v) is 3.32. The van der Waals surface area contributed by atoms with Crippen molar-refractivity contribution < 1.29 is 13.2 Å². The third-order valence-corrected chi connectivity index (χ3v) is 5.13. The second-order valence-electron chi connectivity index (χ2n) is 4.03. The summed E-state index contributed by atoms with van der Waals surface area (Å²) in [4.78, 5) is 12.0. The lowest BCUT2D eigenvalue weighted by Crippen LogP contribution is -2.41. The van der Waals surface area contributed by atoms with Gasteiger partial charge < -0.3 is 0 Å². The zero-order valence-corrected chi connectivity index (χ0v) is 14.0. The van der Waals surface area contributed by atoms with Gasteiger partial charge in [-0.15, -0.1) is 10.2 Å². The normalized spacial score (nSPS) is 12.9. The van der Waals surface area contributed by atoms with E-state index in [0.717, 1.165) is 15.8 Å². The van der Waals surface area contributed by atoms with E-state index in [1.807, 2.05) is 0 Å². The van der Waals surface area contributed by atoms with Crippen LogP contribution in [-0.4, -0.2) is 30.6 Å². The van der Waals surface area contributed by atoms with E-state index in [-0.39, 0.29) is 4.90 Å². The highest BCUT2D eigenvalue weighted by molar-refractivity contribution is 9.10. The number of benzene rings is 1. The number of hydrogen-bond acceptors (Lipinski definition) is 6. The summed E-state index contributed by atoms with van der Waals surface area (Å²) in [6.07, 6.45) is 0. The Bertz CT molecular complexity index is 716. The molecule has 0 aliphatic rings. The molecule has 2 rings (SSSR count). The second-order valence-corrected chi connectivity index (χ2v) is 7.49. The molecule has 0 aliphatic carbocycles. The van der Waals surface area contributed by atoms with Crippen molar-refractivity contribution in [2.75, 3.05) is 5.32 Å². The van der Waals surface area contributed by atoms with Crippen molar-refractivity contribution in [1.29, 1.82) is 0 Å². The van der Waals surface area contributed by atoms with Crippen molar-refractivity contribution in [3.8, 4) is 0 Å². The molecule has 1 amide bonds. The van der Waals surface area contributed by atoms with E-state index in [0.29, 0.717) is 5.13 Å². The van der Waals surface area contributed by atoms with Crippen molar-refractivity contribution in [2.24, 2.45) is 0 Å². The molecule has 0 saturated carbocycles. The molecular formula is C11H11BrN4O3S2. The molecule has 0 saturated heterocycles. The maximum Gasteiger partial charge on any atom is 0.244 e. The lowest BCUT2D eigenvalue weighted by molar-refractivity contribution is -0.117. The predicted molar refractivity (Wildman–Crippen MR) is 82.5 cm³/mol. The first-order valence-corrected chi connectivity index (χ1v) is 8.89. The van der Waals surface area contributed by atoms with Gasteiger partial charge in [0.05, 0.1) is 10.9 Å². The van der Waals surface area contributed by atoms with E-state index in [1.165, 1.54) is 24.6 Å². The van der Waals surface area contributed by atoms with E-state index in [2.05, 4.69) is 36.2 Å². The van der Waals surface area contributed by atoms with Crippen LogP contribution in [0.25, 0.3) is 0 Å². The van der Waals surface area contributed by atoms with Crippen LogP contribution < -0.4 is 10.0 Å². The number of nitrogens with one attached hydrogen (secondary N) is 2. The number of sulfonamides is 1. The van der Waals surface area contributed by atoms with E-state index in [9.17, 15) is 13.2 Å². The highest BCUT2D eigenvalue weighted by atomic mass is 79.9. The topological polar surface area (TPSA) is 101 Å². The fourth-order valence-electron chi connectivity index (χ4n) is 1.41. The number of halogens is 1. The van der Waals surface area contributed by atoms with Crippen LogP contribution in [-0.2, 0) is 14.8 Å². The Morgan fingerprint density at radius 1 is 1.33 bits per heavy atom. The molecule has 10 heteroatoms. The summed E-state index contributed by atoms with van der Waals surface area (Å²) < 4.78 is 27.3. The van der Waals surface area contributed by atoms with Crippen molar-refractivity contribution >= 4 is 48.3 Å². The van der Waals surface area contributed by atoms with Crippen LogP contribution in [0, 0.1) is 0 Å². The molecule has 7 nitrogen and oxygen atoms in total. The minimum Gasteiger partial charge on any atom is -0.299 e. The number of carbonyl (C=O) groups is 1. The maximum atomic E-state index is 12.1. The molecule has 21 heavy (non-hydrogen) atoms. The summed E-state index contributed by atoms with van der Waals surface area (Å²) in [5.41, 5.74) is 1.46. The van der Waals surface area contributed by atoms with E-state index >= 15 is 0 Å². The fraction of sp³-hybridized carbons (Fsp3) is 0.182. The number of anilines is 1. The molecule has 2 aromatic rings. The molecule has 1 heterocycles. The molecule has 112 valence electrons. The van der Waals surface area contributed by atoms with Gasteiger partial charge in [0.2, 0.25) is 21.1 Å². The molecule has 1 unspecified atom stereocenters. The number of rotatable bonds is 5. The highest BCUT2D eigenvalue weighted by Crippen LogP contribution is 2.15. The third-order valence-electron chi connectivity index (χ3n) is 2.44. The number of carbonyl (C=O) groups excluding carboxylic acids is 1. The Hall–Kier alpha value is -1.36. The molecule has 1 aromatic carbocycles. The van der Waals surface area contributed by atoms with Gasteiger partial charge in [-0.05, 0) is 31.2 Å². The van der Waals surface area contributed by atoms with E-state index in [4.69, 9.17) is 0 Å². The van der Waals surface area contributed by atoms with Crippen LogP contribution in [0.2, 0.25) is 0 Å². The summed E-state index contributed by atoms with van der Waals surface area (Å²) in [5, 5.41) is 10.0. The van der Waals surface area contributed by atoms with Gasteiger partial charge in [0, 0.05) is 4.47 Å². The highest BCUT2D eigenvalue weighted by Gasteiger charge is 2.22. The zero-order chi connectivity index (χ0) is 15.5. The van der Waals surface area contributed by atoms with E-state index in [1.54, 1.807) is 12.1 Å². The minimum absolute atomic E-state index is 0.0845. The maximum absolute atomic E-state index is 12.1. The van der Waals surface area contributed by atoms with Gasteiger partial charge in [-0.1, -0.05) is 27.3 Å². The average Bonchev–Trinajstić information content (AvgIpc) is 2.91. The monoisotopic (exact) mass is 390 g/mol. The van der Waals surface area contributed by atoms with Crippen molar-refractivity contribution in [3.05, 3.63) is 34.2 Å². The smallest absolute Gasteiger partial charge is 0.244 e. The van der Waals surface area contributed by atoms with Gasteiger partial charge in [-0.3, -0.25) is 10.1 Å². The Morgan fingerprint density at radius 3 is 2.57 bits per heavy atom. The quantitative estimate of drug-likeness (QED) is 0.807. The Balaban J connectivity index is 2.05. The van der Waals surface area contributed by atoms with Gasteiger partial charge >= 0.3 is 0 Å². The number of aromatic nitrogens is 2. The number of hydrogen-bond donors (Lipinski definition) is 2. The molecule has 0 bridgehead atoms. The van der Waals surface area contributed by atoms with Gasteiger partial charge in [0.1, 0.15) is 5.51 Å². The van der Waals surface area contributed by atoms with Crippen LogP contribution in [0.4, 0.5) is 5.13 Å². The molecular weight excluding hydrogens is 380 g/mol. The van der Waals surface area contributed by atoms with Crippen molar-refractivity contribution in [1.82, 2.24) is 14.9 Å². The molecule has 0 fully saturated rings. The van der Waals surface area contributed by atoms with Crippen molar-refractivity contribution in [3.63, 3.8) is 0 Å². The molecule has 0 aliphatic heterocycles. The number of amides is 1. The Morgan fingerprint density at radius 2 is 2.00 bits per heavy atom. The van der Waals surface area contributed by atoms with Gasteiger partial charge in [-0.2, -0.15) is 4.72 Å². The molecule has 1 aromatic heterocycles. The summed E-state index contributed by atoms with van der Waals surface area (Å²) in [6, 6.07) is 5.17. The van der Waals surface area contributed by atoms with Gasteiger partial charge in [0.15, 0.2) is 0 Å². The van der Waals surface area contributed by atoms with Crippen LogP contribution in [0.1, 0.15) is 6.92 Å². The first-order chi connectivity index (χ1) is 9.88. The van der Waals surface area contributed by atoms with Crippen LogP contribution in [0.5, 0.6) is 0 Å². The predicted octanol–water partition coefficient (Wildman–Crippen LogP) is 1.61. The lowest BCUT2D eigenvalue weighted by Gasteiger charge is -2.13. The Labute approximate surface area is 134 Å². The summed E-state index contributed by atoms with van der Waals surface area (Å²) in [7, 11) is -3.76. The SMILES string of the molecule is CC(NS(=O)(=O)c1ccc(Br)cc1)C(=O)Nc1nncs1. The first-order valence-electron chi connectivity index (χ1n) is 5.73. The van der Waals surface area contributed by atoms with Crippen LogP contribution >= 0.6 is 27.3 Å². The summed E-state index contributed by atoms with van der Waals surface area (Å²) in [5.74, 6) is -0.507. The van der Waals surface area contributed by atoms with Crippen LogP contribution in [0.15, 0.2) is 39.1 Å². The Kier molecular flexibility index (Phi) is 5.04. The minimum atomic E-state index is -3.76. The lowest BCUT2D eigenvalue weighted by atomic mass is 10.3. The first kappa shape index (κ1) is 16.0.